The Morgan fingerprint density at radius 3 is 2.62 bits per heavy atom. The molecule has 1 rings (SSSR count). The van der Waals surface area contributed by atoms with E-state index in [9.17, 15) is 12.8 Å². The first-order valence-corrected chi connectivity index (χ1v) is 6.33. The Morgan fingerprint density at radius 2 is 2.12 bits per heavy atom. The van der Waals surface area contributed by atoms with Crippen molar-refractivity contribution in [2.45, 2.75) is 12.2 Å². The summed E-state index contributed by atoms with van der Waals surface area (Å²) in [5.41, 5.74) is 5.62. The normalized spacial score (nSPS) is 13.5. The number of nitrogens with zero attached hydrogens (tertiary/aromatic N) is 1. The van der Waals surface area contributed by atoms with Crippen LogP contribution in [0, 0.1) is 5.82 Å². The second kappa shape index (κ2) is 4.80. The van der Waals surface area contributed by atoms with Crippen molar-refractivity contribution in [3.05, 3.63) is 30.1 Å². The minimum absolute atomic E-state index is 0.0298. The molecule has 0 aromatic heterocycles. The molecule has 0 saturated heterocycles. The Balaban J connectivity index is 3.07. The molecule has 0 spiro atoms. The molecule has 0 aliphatic heterocycles. The lowest BCUT2D eigenvalue weighted by Crippen LogP contribution is -2.38. The van der Waals surface area contributed by atoms with E-state index < -0.39 is 21.1 Å². The molecule has 0 amide bonds. The summed E-state index contributed by atoms with van der Waals surface area (Å²) < 4.78 is 37.8. The van der Waals surface area contributed by atoms with Gasteiger partial charge < -0.3 is 5.73 Å². The molecule has 1 aromatic rings. The third kappa shape index (κ3) is 2.51. The first-order chi connectivity index (χ1) is 7.39. The summed E-state index contributed by atoms with van der Waals surface area (Å²) >= 11 is 0. The number of benzene rings is 1. The van der Waals surface area contributed by atoms with Crippen LogP contribution in [0.4, 0.5) is 10.1 Å². The van der Waals surface area contributed by atoms with Crippen molar-refractivity contribution in [2.75, 3.05) is 17.9 Å². The molecular weight excluding hydrogens is 231 g/mol. The maximum absolute atomic E-state index is 13.0. The van der Waals surface area contributed by atoms with E-state index in [1.807, 2.05) is 0 Å². The van der Waals surface area contributed by atoms with Gasteiger partial charge in [-0.15, -0.1) is 0 Å². The van der Waals surface area contributed by atoms with Crippen LogP contribution in [0.5, 0.6) is 0 Å². The average molecular weight is 246 g/mol. The lowest BCUT2D eigenvalue weighted by Gasteiger charge is -2.22. The zero-order valence-corrected chi connectivity index (χ0v) is 10.0. The fourth-order valence-electron chi connectivity index (χ4n) is 1.21. The standard InChI is InChI=1S/C10H15FN2O2S/c1-8(7-12)16(14,15)13(2)10-5-3-4-9(11)6-10/h3-6,8H,7,12H2,1-2H3. The predicted molar refractivity (Wildman–Crippen MR) is 62.2 cm³/mol. The van der Waals surface area contributed by atoms with Crippen molar-refractivity contribution in [1.29, 1.82) is 0 Å². The lowest BCUT2D eigenvalue weighted by molar-refractivity contribution is 0.582. The molecule has 90 valence electrons. The fraction of sp³-hybridized carbons (Fsp3) is 0.400. The van der Waals surface area contributed by atoms with Gasteiger partial charge in [0.15, 0.2) is 0 Å². The first kappa shape index (κ1) is 12.9. The van der Waals surface area contributed by atoms with Gasteiger partial charge in [-0.2, -0.15) is 0 Å². The van der Waals surface area contributed by atoms with E-state index in [2.05, 4.69) is 0 Å². The highest BCUT2D eigenvalue weighted by atomic mass is 32.2. The van der Waals surface area contributed by atoms with Crippen LogP contribution in [-0.4, -0.2) is 27.3 Å². The summed E-state index contributed by atoms with van der Waals surface area (Å²) in [7, 11) is -2.13. The average Bonchev–Trinajstić information content (AvgIpc) is 2.26. The molecule has 0 aliphatic rings. The van der Waals surface area contributed by atoms with Gasteiger partial charge in [0.25, 0.3) is 0 Å². The molecule has 0 saturated carbocycles. The van der Waals surface area contributed by atoms with Crippen molar-refractivity contribution in [2.24, 2.45) is 5.73 Å². The van der Waals surface area contributed by atoms with Crippen LogP contribution in [0.2, 0.25) is 0 Å². The summed E-state index contributed by atoms with van der Waals surface area (Å²) in [5.74, 6) is -0.472. The summed E-state index contributed by atoms with van der Waals surface area (Å²) in [6, 6.07) is 5.42. The maximum Gasteiger partial charge on any atom is 0.238 e. The van der Waals surface area contributed by atoms with E-state index >= 15 is 0 Å². The highest BCUT2D eigenvalue weighted by Crippen LogP contribution is 2.19. The SMILES string of the molecule is CC(CN)S(=O)(=O)N(C)c1cccc(F)c1. The highest BCUT2D eigenvalue weighted by Gasteiger charge is 2.25. The Hall–Kier alpha value is -1.14. The summed E-state index contributed by atoms with van der Waals surface area (Å²) in [6.45, 7) is 1.55. The van der Waals surface area contributed by atoms with Gasteiger partial charge in [-0.1, -0.05) is 6.07 Å². The van der Waals surface area contributed by atoms with Crippen LogP contribution in [0.3, 0.4) is 0 Å². The van der Waals surface area contributed by atoms with Crippen LogP contribution in [-0.2, 0) is 10.0 Å². The molecular formula is C10H15FN2O2S. The molecule has 1 atom stereocenters. The molecule has 1 aromatic carbocycles. The Bertz CT molecular complexity index is 462. The number of hydrogen-bond acceptors (Lipinski definition) is 3. The van der Waals surface area contributed by atoms with Crippen molar-refractivity contribution < 1.29 is 12.8 Å². The topological polar surface area (TPSA) is 63.4 Å². The molecule has 0 radical (unpaired) electrons. The molecule has 2 N–H and O–H groups in total. The fourth-order valence-corrected chi connectivity index (χ4v) is 2.40. The van der Waals surface area contributed by atoms with Gasteiger partial charge in [-0.3, -0.25) is 4.31 Å². The number of hydrogen-bond donors (Lipinski definition) is 1. The van der Waals surface area contributed by atoms with E-state index in [0.29, 0.717) is 5.69 Å². The Kier molecular flexibility index (Phi) is 3.88. The van der Waals surface area contributed by atoms with Crippen molar-refractivity contribution in [3.8, 4) is 0 Å². The number of rotatable bonds is 4. The Morgan fingerprint density at radius 1 is 1.50 bits per heavy atom. The van der Waals surface area contributed by atoms with E-state index in [4.69, 9.17) is 5.73 Å². The van der Waals surface area contributed by atoms with E-state index in [-0.39, 0.29) is 6.54 Å². The summed E-state index contributed by atoms with van der Waals surface area (Å²) in [6.07, 6.45) is 0. The maximum atomic E-state index is 13.0. The van der Waals surface area contributed by atoms with Crippen molar-refractivity contribution >= 4 is 15.7 Å². The highest BCUT2D eigenvalue weighted by molar-refractivity contribution is 7.93. The molecule has 0 bridgehead atoms. The largest absolute Gasteiger partial charge is 0.329 e. The second-order valence-corrected chi connectivity index (χ2v) is 5.92. The zero-order valence-electron chi connectivity index (χ0n) is 9.22. The monoisotopic (exact) mass is 246 g/mol. The van der Waals surface area contributed by atoms with Crippen LogP contribution in [0.25, 0.3) is 0 Å². The Labute approximate surface area is 94.9 Å². The number of halogens is 1. The van der Waals surface area contributed by atoms with Crippen LogP contribution < -0.4 is 10.0 Å². The molecule has 0 aliphatic carbocycles. The smallest absolute Gasteiger partial charge is 0.238 e. The van der Waals surface area contributed by atoms with E-state index in [0.717, 1.165) is 4.31 Å². The predicted octanol–water partition coefficient (Wildman–Crippen LogP) is 0.939. The summed E-state index contributed by atoms with van der Waals surface area (Å²) in [4.78, 5) is 0. The van der Waals surface area contributed by atoms with Gasteiger partial charge >= 0.3 is 0 Å². The minimum atomic E-state index is -3.52. The van der Waals surface area contributed by atoms with Crippen LogP contribution >= 0.6 is 0 Å². The lowest BCUT2D eigenvalue weighted by atomic mass is 10.3. The van der Waals surface area contributed by atoms with Gasteiger partial charge in [0.2, 0.25) is 10.0 Å². The third-order valence-corrected chi connectivity index (χ3v) is 4.58. The van der Waals surface area contributed by atoms with Gasteiger partial charge in [0, 0.05) is 13.6 Å². The molecule has 0 fully saturated rings. The molecule has 0 heterocycles. The molecule has 6 heteroatoms. The van der Waals surface area contributed by atoms with Gasteiger partial charge in [0.1, 0.15) is 5.82 Å². The van der Waals surface area contributed by atoms with Gasteiger partial charge in [-0.25, -0.2) is 12.8 Å². The third-order valence-electron chi connectivity index (χ3n) is 2.39. The number of nitrogens with two attached hydrogens (primary N) is 1. The molecule has 4 nitrogen and oxygen atoms in total. The second-order valence-electron chi connectivity index (χ2n) is 3.54. The van der Waals surface area contributed by atoms with Crippen molar-refractivity contribution in [1.82, 2.24) is 0 Å². The molecule has 1 unspecified atom stereocenters. The molecule has 16 heavy (non-hydrogen) atoms. The van der Waals surface area contributed by atoms with Crippen LogP contribution in [0.15, 0.2) is 24.3 Å². The van der Waals surface area contributed by atoms with Crippen LogP contribution in [0.1, 0.15) is 6.92 Å². The van der Waals surface area contributed by atoms with Crippen molar-refractivity contribution in [3.63, 3.8) is 0 Å². The zero-order chi connectivity index (χ0) is 12.3. The van der Waals surface area contributed by atoms with Gasteiger partial charge in [-0.05, 0) is 25.1 Å². The van der Waals surface area contributed by atoms with E-state index in [1.54, 1.807) is 0 Å². The number of anilines is 1. The number of sulfonamides is 1. The first-order valence-electron chi connectivity index (χ1n) is 4.83. The van der Waals surface area contributed by atoms with E-state index in [1.165, 1.54) is 38.2 Å². The van der Waals surface area contributed by atoms with Gasteiger partial charge in [0.05, 0.1) is 10.9 Å². The quantitative estimate of drug-likeness (QED) is 0.860. The summed E-state index contributed by atoms with van der Waals surface area (Å²) in [5, 5.41) is -0.694. The minimum Gasteiger partial charge on any atom is -0.329 e.